The summed E-state index contributed by atoms with van der Waals surface area (Å²) in [7, 11) is 0. The Hall–Kier alpha value is -1.72. The molecule has 0 N–H and O–H groups in total. The lowest BCUT2D eigenvalue weighted by Gasteiger charge is -2.39. The number of aromatic nitrogens is 2. The lowest BCUT2D eigenvalue weighted by molar-refractivity contribution is 0.0891. The molecular weight excluding hydrogens is 314 g/mol. The second-order valence-corrected chi connectivity index (χ2v) is 7.22. The fraction of sp³-hybridized carbons (Fsp3) is 0.600. The maximum absolute atomic E-state index is 5.79. The van der Waals surface area contributed by atoms with Crippen LogP contribution in [0.25, 0.3) is 0 Å². The van der Waals surface area contributed by atoms with Crippen molar-refractivity contribution >= 4 is 0 Å². The number of hydrogen-bond acceptors (Lipinski definition) is 5. The minimum Gasteiger partial charge on any atom is -0.380 e. The summed E-state index contributed by atoms with van der Waals surface area (Å²) in [4.78, 5) is 7.31. The summed E-state index contributed by atoms with van der Waals surface area (Å²) in [6.45, 7) is 6.70. The Balaban J connectivity index is 1.55. The lowest BCUT2D eigenvalue weighted by Crippen LogP contribution is -2.44. The molecule has 0 amide bonds. The zero-order valence-corrected chi connectivity index (χ0v) is 15.0. The Morgan fingerprint density at radius 3 is 2.64 bits per heavy atom. The molecule has 4 rings (SSSR count). The van der Waals surface area contributed by atoms with Crippen molar-refractivity contribution in [2.24, 2.45) is 0 Å². The molecule has 25 heavy (non-hydrogen) atoms. The van der Waals surface area contributed by atoms with E-state index in [9.17, 15) is 0 Å². The van der Waals surface area contributed by atoms with E-state index in [1.807, 2.05) is 6.92 Å². The smallest absolute Gasteiger partial charge is 0.237 e. The number of ether oxygens (including phenoxy) is 1. The monoisotopic (exact) mass is 341 g/mol. The maximum atomic E-state index is 5.79. The standard InChI is InChI=1S/C20H27N3O2/c1-2-24-15-14-23-12-10-20(11-13-23,17-6-4-3-5-7-17)19-21-18(22-25-19)16-8-9-16/h3-7,16H,2,8-15H2,1H3. The third kappa shape index (κ3) is 3.48. The van der Waals surface area contributed by atoms with Crippen molar-refractivity contribution in [1.29, 1.82) is 0 Å². The van der Waals surface area contributed by atoms with Crippen LogP contribution in [0.3, 0.4) is 0 Å². The van der Waals surface area contributed by atoms with Gasteiger partial charge in [0.1, 0.15) is 0 Å². The minimum absolute atomic E-state index is 0.149. The summed E-state index contributed by atoms with van der Waals surface area (Å²) in [5.41, 5.74) is 1.15. The van der Waals surface area contributed by atoms with Gasteiger partial charge in [-0.25, -0.2) is 0 Å². The number of nitrogens with zero attached hydrogens (tertiary/aromatic N) is 3. The van der Waals surface area contributed by atoms with E-state index >= 15 is 0 Å². The second kappa shape index (κ2) is 7.26. The molecule has 2 heterocycles. The molecule has 2 fully saturated rings. The number of hydrogen-bond donors (Lipinski definition) is 0. The second-order valence-electron chi connectivity index (χ2n) is 7.22. The Bertz CT molecular complexity index is 673. The molecule has 1 saturated heterocycles. The summed E-state index contributed by atoms with van der Waals surface area (Å²) in [6, 6.07) is 10.7. The van der Waals surface area contributed by atoms with E-state index in [-0.39, 0.29) is 5.41 Å². The highest BCUT2D eigenvalue weighted by Gasteiger charge is 2.43. The van der Waals surface area contributed by atoms with E-state index in [0.717, 1.165) is 57.4 Å². The van der Waals surface area contributed by atoms with Gasteiger partial charge in [-0.15, -0.1) is 0 Å². The van der Waals surface area contributed by atoms with Crippen molar-refractivity contribution in [3.63, 3.8) is 0 Å². The molecule has 134 valence electrons. The van der Waals surface area contributed by atoms with Gasteiger partial charge in [0, 0.05) is 19.1 Å². The van der Waals surface area contributed by atoms with Crippen LogP contribution in [-0.2, 0) is 10.2 Å². The third-order valence-corrected chi connectivity index (χ3v) is 5.59. The fourth-order valence-corrected chi connectivity index (χ4v) is 3.82. The predicted molar refractivity (Wildman–Crippen MR) is 95.7 cm³/mol. The van der Waals surface area contributed by atoms with Crippen LogP contribution in [0.1, 0.15) is 55.8 Å². The Morgan fingerprint density at radius 2 is 1.96 bits per heavy atom. The van der Waals surface area contributed by atoms with Crippen molar-refractivity contribution in [2.45, 2.75) is 43.9 Å². The van der Waals surface area contributed by atoms with E-state index in [4.69, 9.17) is 14.2 Å². The van der Waals surface area contributed by atoms with Crippen molar-refractivity contribution in [1.82, 2.24) is 15.0 Å². The molecule has 1 aromatic carbocycles. The van der Waals surface area contributed by atoms with Gasteiger partial charge in [0.2, 0.25) is 5.89 Å². The van der Waals surface area contributed by atoms with Gasteiger partial charge in [0.25, 0.3) is 0 Å². The van der Waals surface area contributed by atoms with Gasteiger partial charge >= 0.3 is 0 Å². The third-order valence-electron chi connectivity index (χ3n) is 5.59. The van der Waals surface area contributed by atoms with Crippen LogP contribution in [0.5, 0.6) is 0 Å². The Labute approximate surface area is 149 Å². The minimum atomic E-state index is -0.149. The van der Waals surface area contributed by atoms with Gasteiger partial charge in [-0.05, 0) is 51.3 Å². The van der Waals surface area contributed by atoms with Crippen LogP contribution in [-0.4, -0.2) is 47.9 Å². The first-order chi connectivity index (χ1) is 12.3. The van der Waals surface area contributed by atoms with E-state index in [2.05, 4.69) is 40.4 Å². The Kier molecular flexibility index (Phi) is 4.86. The summed E-state index contributed by atoms with van der Waals surface area (Å²) in [5.74, 6) is 2.24. The van der Waals surface area contributed by atoms with Crippen LogP contribution in [0.15, 0.2) is 34.9 Å². The first kappa shape index (κ1) is 16.7. The molecule has 1 saturated carbocycles. The molecule has 1 aromatic heterocycles. The van der Waals surface area contributed by atoms with Gasteiger partial charge in [-0.2, -0.15) is 4.98 Å². The highest BCUT2D eigenvalue weighted by atomic mass is 16.5. The number of piperidine rings is 1. The zero-order chi connectivity index (χ0) is 17.1. The van der Waals surface area contributed by atoms with E-state index < -0.39 is 0 Å². The van der Waals surface area contributed by atoms with Crippen LogP contribution in [0.2, 0.25) is 0 Å². The van der Waals surface area contributed by atoms with Crippen LogP contribution >= 0.6 is 0 Å². The molecular formula is C20H27N3O2. The van der Waals surface area contributed by atoms with E-state index in [0.29, 0.717) is 5.92 Å². The highest BCUT2D eigenvalue weighted by molar-refractivity contribution is 5.33. The average Bonchev–Trinajstić information content (AvgIpc) is 3.40. The average molecular weight is 341 g/mol. The maximum Gasteiger partial charge on any atom is 0.237 e. The van der Waals surface area contributed by atoms with Crippen LogP contribution in [0, 0.1) is 0 Å². The van der Waals surface area contributed by atoms with Crippen molar-refractivity contribution < 1.29 is 9.26 Å². The van der Waals surface area contributed by atoms with Gasteiger partial charge in [-0.3, -0.25) is 0 Å². The van der Waals surface area contributed by atoms with Crippen molar-refractivity contribution in [3.8, 4) is 0 Å². The summed E-state index contributed by atoms with van der Waals surface area (Å²) >= 11 is 0. The first-order valence-electron chi connectivity index (χ1n) is 9.51. The highest BCUT2D eigenvalue weighted by Crippen LogP contribution is 2.43. The normalized spacial score (nSPS) is 20.7. The van der Waals surface area contributed by atoms with Crippen molar-refractivity contribution in [2.75, 3.05) is 32.8 Å². The quantitative estimate of drug-likeness (QED) is 0.723. The molecule has 0 spiro atoms. The number of likely N-dealkylation sites (tertiary alicyclic amines) is 1. The zero-order valence-electron chi connectivity index (χ0n) is 15.0. The topological polar surface area (TPSA) is 51.4 Å². The van der Waals surface area contributed by atoms with E-state index in [1.165, 1.54) is 18.4 Å². The number of rotatable bonds is 7. The molecule has 5 heteroatoms. The molecule has 1 aliphatic carbocycles. The lowest BCUT2D eigenvalue weighted by atomic mass is 9.72. The largest absolute Gasteiger partial charge is 0.380 e. The Morgan fingerprint density at radius 1 is 1.20 bits per heavy atom. The van der Waals surface area contributed by atoms with Gasteiger partial charge in [0.05, 0.1) is 12.0 Å². The van der Waals surface area contributed by atoms with Gasteiger partial charge in [0.15, 0.2) is 5.82 Å². The first-order valence-corrected chi connectivity index (χ1v) is 9.51. The molecule has 0 radical (unpaired) electrons. The molecule has 1 aliphatic heterocycles. The van der Waals surface area contributed by atoms with Crippen LogP contribution < -0.4 is 0 Å². The molecule has 2 aromatic rings. The fourth-order valence-electron chi connectivity index (χ4n) is 3.82. The predicted octanol–water partition coefficient (Wildman–Crippen LogP) is 3.37. The van der Waals surface area contributed by atoms with Crippen molar-refractivity contribution in [3.05, 3.63) is 47.6 Å². The molecule has 5 nitrogen and oxygen atoms in total. The van der Waals surface area contributed by atoms with E-state index in [1.54, 1.807) is 0 Å². The molecule has 2 aliphatic rings. The molecule has 0 bridgehead atoms. The number of benzene rings is 1. The SMILES string of the molecule is CCOCCN1CCC(c2ccccc2)(c2nc(C3CC3)no2)CC1. The molecule has 0 unspecified atom stereocenters. The summed E-state index contributed by atoms with van der Waals surface area (Å²) in [5, 5.41) is 4.28. The molecule has 0 atom stereocenters. The summed E-state index contributed by atoms with van der Waals surface area (Å²) in [6.07, 6.45) is 4.41. The van der Waals surface area contributed by atoms with Gasteiger partial charge in [-0.1, -0.05) is 35.5 Å². The summed E-state index contributed by atoms with van der Waals surface area (Å²) < 4.78 is 11.3. The van der Waals surface area contributed by atoms with Crippen LogP contribution in [0.4, 0.5) is 0 Å². The van der Waals surface area contributed by atoms with Gasteiger partial charge < -0.3 is 14.2 Å².